The Labute approximate surface area is 131 Å². The Morgan fingerprint density at radius 2 is 2.00 bits per heavy atom. The molecule has 1 aromatic rings. The Balaban J connectivity index is 2.44. The Hall–Kier alpha value is -0.590. The Morgan fingerprint density at radius 3 is 2.45 bits per heavy atom. The number of rotatable bonds is 3. The number of halogens is 2. The summed E-state index contributed by atoms with van der Waals surface area (Å²) < 4.78 is 23.5. The van der Waals surface area contributed by atoms with Crippen molar-refractivity contribution >= 4 is 41.6 Å². The highest BCUT2D eigenvalue weighted by Gasteiger charge is 2.28. The van der Waals surface area contributed by atoms with Crippen LogP contribution < -0.4 is 0 Å². The predicted molar refractivity (Wildman–Crippen MR) is 81.7 cm³/mol. The molecular formula is C13H15BrClNO3S. The van der Waals surface area contributed by atoms with Crippen LogP contribution in [0.15, 0.2) is 21.5 Å². The number of hydrogen-bond donors (Lipinski definition) is 0. The van der Waals surface area contributed by atoms with Gasteiger partial charge in [0.15, 0.2) is 0 Å². The van der Waals surface area contributed by atoms with Gasteiger partial charge in [0.2, 0.25) is 0 Å². The van der Waals surface area contributed by atoms with Crippen LogP contribution in [0.4, 0.5) is 0 Å². The van der Waals surface area contributed by atoms with Gasteiger partial charge in [0.25, 0.3) is 15.0 Å². The molecule has 0 unspecified atom stereocenters. The van der Waals surface area contributed by atoms with Crippen LogP contribution in [0.3, 0.4) is 0 Å². The van der Waals surface area contributed by atoms with Gasteiger partial charge in [-0.05, 0) is 43.9 Å². The van der Waals surface area contributed by atoms with Crippen LogP contribution in [-0.4, -0.2) is 32.3 Å². The minimum absolute atomic E-state index is 0.0676. The molecule has 4 nitrogen and oxygen atoms in total. The molecule has 2 rings (SSSR count). The molecule has 0 radical (unpaired) electrons. The number of hydrogen-bond acceptors (Lipinski definition) is 3. The van der Waals surface area contributed by atoms with Crippen molar-refractivity contribution in [2.45, 2.75) is 37.1 Å². The highest BCUT2D eigenvalue weighted by molar-refractivity contribution is 9.10. The number of carbonyl (C=O) groups excluding carboxylic acids is 1. The van der Waals surface area contributed by atoms with Gasteiger partial charge in [0.05, 0.1) is 4.90 Å². The number of nitrogens with zero attached hydrogens (tertiary/aromatic N) is 1. The van der Waals surface area contributed by atoms with E-state index in [1.807, 2.05) is 0 Å². The molecule has 110 valence electrons. The maximum Gasteiger partial charge on any atom is 0.261 e. The Morgan fingerprint density at radius 1 is 1.40 bits per heavy atom. The fraction of sp³-hybridized carbons (Fsp3) is 0.462. The van der Waals surface area contributed by atoms with Crippen molar-refractivity contribution in [3.05, 3.63) is 27.7 Å². The van der Waals surface area contributed by atoms with Crippen LogP contribution >= 0.6 is 26.6 Å². The second kappa shape index (κ2) is 5.66. The molecule has 0 bridgehead atoms. The first kappa shape index (κ1) is 15.8. The van der Waals surface area contributed by atoms with Gasteiger partial charge in [-0.25, -0.2) is 8.42 Å². The van der Waals surface area contributed by atoms with Crippen molar-refractivity contribution < 1.29 is 13.2 Å². The van der Waals surface area contributed by atoms with Gasteiger partial charge in [-0.15, -0.1) is 0 Å². The monoisotopic (exact) mass is 379 g/mol. The maximum absolute atomic E-state index is 12.5. The van der Waals surface area contributed by atoms with Crippen molar-refractivity contribution in [2.75, 3.05) is 7.05 Å². The summed E-state index contributed by atoms with van der Waals surface area (Å²) in [4.78, 5) is 14.1. The summed E-state index contributed by atoms with van der Waals surface area (Å²) in [6.07, 6.45) is 3.12. The molecule has 1 amide bonds. The molecule has 1 saturated carbocycles. The van der Waals surface area contributed by atoms with E-state index in [1.54, 1.807) is 18.9 Å². The lowest BCUT2D eigenvalue weighted by molar-refractivity contribution is 0.0651. The summed E-state index contributed by atoms with van der Waals surface area (Å²) in [6, 6.07) is 3.01. The lowest BCUT2D eigenvalue weighted by Crippen LogP contribution is -2.41. The predicted octanol–water partition coefficient (Wildman–Crippen LogP) is 3.31. The molecule has 0 aliphatic heterocycles. The lowest BCUT2D eigenvalue weighted by Gasteiger charge is -2.35. The third kappa shape index (κ3) is 3.02. The van der Waals surface area contributed by atoms with Crippen LogP contribution in [0.5, 0.6) is 0 Å². The van der Waals surface area contributed by atoms with Crippen LogP contribution in [0.1, 0.15) is 35.2 Å². The van der Waals surface area contributed by atoms with E-state index in [4.69, 9.17) is 10.7 Å². The third-order valence-corrected chi connectivity index (χ3v) is 5.93. The van der Waals surface area contributed by atoms with E-state index in [-0.39, 0.29) is 16.8 Å². The fourth-order valence-electron chi connectivity index (χ4n) is 2.15. The molecule has 0 N–H and O–H groups in total. The standard InChI is InChI=1S/C13H15BrClNO3S/c1-8-11(13(17)16(2)9-4-3-5-9)6-10(7-12(8)14)20(15,18)19/h6-7,9H,3-5H2,1-2H3. The number of carbonyl (C=O) groups is 1. The molecule has 7 heteroatoms. The van der Waals surface area contributed by atoms with Crippen molar-refractivity contribution in [3.63, 3.8) is 0 Å². The summed E-state index contributed by atoms with van der Waals surface area (Å²) in [6.45, 7) is 1.77. The summed E-state index contributed by atoms with van der Waals surface area (Å²) in [5.74, 6) is -0.171. The molecule has 1 aliphatic carbocycles. The second-order valence-corrected chi connectivity index (χ2v) is 8.44. The van der Waals surface area contributed by atoms with Gasteiger partial charge in [-0.1, -0.05) is 15.9 Å². The molecule has 20 heavy (non-hydrogen) atoms. The van der Waals surface area contributed by atoms with E-state index in [1.165, 1.54) is 12.1 Å². The second-order valence-electron chi connectivity index (χ2n) is 5.02. The first-order chi connectivity index (χ1) is 9.21. The van der Waals surface area contributed by atoms with Gasteiger partial charge >= 0.3 is 0 Å². The van der Waals surface area contributed by atoms with Crippen molar-refractivity contribution in [3.8, 4) is 0 Å². The smallest absolute Gasteiger partial charge is 0.261 e. The third-order valence-electron chi connectivity index (χ3n) is 3.77. The van der Waals surface area contributed by atoms with Crippen molar-refractivity contribution in [1.29, 1.82) is 0 Å². The minimum Gasteiger partial charge on any atom is -0.339 e. The van der Waals surface area contributed by atoms with Gasteiger partial charge in [-0.3, -0.25) is 4.79 Å². The largest absolute Gasteiger partial charge is 0.339 e. The van der Waals surface area contributed by atoms with Crippen LogP contribution in [-0.2, 0) is 9.05 Å². The molecule has 1 aromatic carbocycles. The minimum atomic E-state index is -3.86. The Kier molecular flexibility index (Phi) is 4.47. The van der Waals surface area contributed by atoms with E-state index < -0.39 is 9.05 Å². The first-order valence-corrected chi connectivity index (χ1v) is 9.34. The molecule has 1 aliphatic rings. The number of benzene rings is 1. The van der Waals surface area contributed by atoms with Crippen molar-refractivity contribution in [1.82, 2.24) is 4.90 Å². The SMILES string of the molecule is Cc1c(Br)cc(S(=O)(=O)Cl)cc1C(=O)N(C)C1CCC1. The summed E-state index contributed by atoms with van der Waals surface area (Å²) in [5, 5.41) is 0. The normalized spacial score (nSPS) is 15.8. The van der Waals surface area contributed by atoms with E-state index >= 15 is 0 Å². The van der Waals surface area contributed by atoms with Gasteiger partial charge < -0.3 is 4.90 Å². The quantitative estimate of drug-likeness (QED) is 0.756. The van der Waals surface area contributed by atoms with Crippen LogP contribution in [0.25, 0.3) is 0 Å². The topological polar surface area (TPSA) is 54.5 Å². The lowest BCUT2D eigenvalue weighted by atomic mass is 9.91. The summed E-state index contributed by atoms with van der Waals surface area (Å²) >= 11 is 3.28. The molecule has 0 spiro atoms. The molecule has 0 saturated heterocycles. The Bertz CT molecular complexity index is 656. The number of amides is 1. The summed E-state index contributed by atoms with van der Waals surface area (Å²) in [7, 11) is 3.25. The molecule has 1 fully saturated rings. The zero-order chi connectivity index (χ0) is 15.1. The molecule has 0 aromatic heterocycles. The zero-order valence-corrected chi connectivity index (χ0v) is 14.3. The highest BCUT2D eigenvalue weighted by Crippen LogP contribution is 2.30. The van der Waals surface area contributed by atoms with Gasteiger partial charge in [0.1, 0.15) is 0 Å². The van der Waals surface area contributed by atoms with Gasteiger partial charge in [-0.2, -0.15) is 0 Å². The average Bonchev–Trinajstić information content (AvgIpc) is 2.27. The average molecular weight is 381 g/mol. The van der Waals surface area contributed by atoms with E-state index in [0.29, 0.717) is 15.6 Å². The molecule has 0 heterocycles. The fourth-order valence-corrected chi connectivity index (χ4v) is 3.54. The van der Waals surface area contributed by atoms with Crippen molar-refractivity contribution in [2.24, 2.45) is 0 Å². The summed E-state index contributed by atoms with van der Waals surface area (Å²) in [5.41, 5.74) is 1.08. The van der Waals surface area contributed by atoms with E-state index in [0.717, 1.165) is 19.3 Å². The van der Waals surface area contributed by atoms with Gasteiger partial charge in [0, 0.05) is 33.8 Å². The highest BCUT2D eigenvalue weighted by atomic mass is 79.9. The van der Waals surface area contributed by atoms with E-state index in [9.17, 15) is 13.2 Å². The van der Waals surface area contributed by atoms with E-state index in [2.05, 4.69) is 15.9 Å². The van der Waals surface area contributed by atoms with Crippen LogP contribution in [0.2, 0.25) is 0 Å². The zero-order valence-electron chi connectivity index (χ0n) is 11.2. The molecular weight excluding hydrogens is 366 g/mol. The van der Waals surface area contributed by atoms with Crippen LogP contribution in [0, 0.1) is 6.92 Å². The maximum atomic E-state index is 12.5. The molecule has 0 atom stereocenters. The first-order valence-electron chi connectivity index (χ1n) is 6.24.